The van der Waals surface area contributed by atoms with Crippen molar-refractivity contribution < 1.29 is 19.1 Å². The number of ketones is 1. The third-order valence-corrected chi connectivity index (χ3v) is 7.27. The van der Waals surface area contributed by atoms with Crippen LogP contribution in [0.1, 0.15) is 39.9 Å². The molecule has 0 aromatic heterocycles. The second kappa shape index (κ2) is 9.47. The predicted octanol–water partition coefficient (Wildman–Crippen LogP) is 6.53. The monoisotopic (exact) mass is 593 g/mol. The molecule has 35 heavy (non-hydrogen) atoms. The molecule has 3 aromatic rings. The number of carbonyl (C=O) groups is 2. The van der Waals surface area contributed by atoms with Gasteiger partial charge in [0.1, 0.15) is 12.4 Å². The highest BCUT2D eigenvalue weighted by atomic mass is 79.9. The van der Waals surface area contributed by atoms with Crippen LogP contribution in [0.2, 0.25) is 0 Å². The fourth-order valence-corrected chi connectivity index (χ4v) is 5.28. The van der Waals surface area contributed by atoms with Crippen molar-refractivity contribution in [3.05, 3.63) is 115 Å². The number of hydrogen-bond acceptors (Lipinski definition) is 5. The van der Waals surface area contributed by atoms with E-state index >= 15 is 0 Å². The summed E-state index contributed by atoms with van der Waals surface area (Å²) in [5.74, 6) is -0.668. The second-order valence-electron chi connectivity index (χ2n) is 8.35. The molecule has 0 unspecified atom stereocenters. The van der Waals surface area contributed by atoms with Crippen molar-refractivity contribution in [1.82, 2.24) is 5.32 Å². The highest BCUT2D eigenvalue weighted by molar-refractivity contribution is 9.10. The lowest BCUT2D eigenvalue weighted by Crippen LogP contribution is -2.29. The molecule has 0 radical (unpaired) electrons. The molecule has 2 aliphatic rings. The molecule has 176 valence electrons. The Labute approximate surface area is 220 Å². The summed E-state index contributed by atoms with van der Waals surface area (Å²) in [6.07, 6.45) is 0. The van der Waals surface area contributed by atoms with Gasteiger partial charge in [-0.25, -0.2) is 4.79 Å². The number of carbonyl (C=O) groups excluding carboxylic acids is 2. The van der Waals surface area contributed by atoms with E-state index in [1.807, 2.05) is 73.7 Å². The third kappa shape index (κ3) is 4.23. The number of esters is 1. The molecule has 0 bridgehead atoms. The normalized spacial score (nSPS) is 16.6. The number of ether oxygens (including phenoxy) is 2. The first-order valence-electron chi connectivity index (χ1n) is 11.0. The lowest BCUT2D eigenvalue weighted by Gasteiger charge is -2.30. The van der Waals surface area contributed by atoms with Gasteiger partial charge in [-0.05, 0) is 42.8 Å². The number of dihydropyridines is 1. The van der Waals surface area contributed by atoms with Crippen LogP contribution in [-0.4, -0.2) is 18.9 Å². The van der Waals surface area contributed by atoms with Crippen LogP contribution in [0, 0.1) is 0 Å². The van der Waals surface area contributed by atoms with Crippen molar-refractivity contribution in [1.29, 1.82) is 0 Å². The van der Waals surface area contributed by atoms with Gasteiger partial charge in [-0.15, -0.1) is 0 Å². The molecule has 1 atom stereocenters. The Morgan fingerprint density at radius 2 is 1.66 bits per heavy atom. The van der Waals surface area contributed by atoms with Crippen LogP contribution in [-0.2, 0) is 16.1 Å². The molecular formula is C28H21Br2NO4. The molecule has 0 spiro atoms. The number of methoxy groups -OCH3 is 1. The fourth-order valence-electron chi connectivity index (χ4n) is 4.64. The molecular weight excluding hydrogens is 574 g/mol. The number of hydrogen-bond donors (Lipinski definition) is 1. The average Bonchev–Trinajstić information content (AvgIpc) is 3.14. The summed E-state index contributed by atoms with van der Waals surface area (Å²) < 4.78 is 13.2. The molecule has 3 aromatic carbocycles. The van der Waals surface area contributed by atoms with Gasteiger partial charge in [-0.2, -0.15) is 0 Å². The Morgan fingerprint density at radius 3 is 2.37 bits per heavy atom. The summed E-state index contributed by atoms with van der Waals surface area (Å²) in [7, 11) is 1.35. The number of allylic oxidation sites excluding steroid dienone is 2. The second-order valence-corrected chi connectivity index (χ2v) is 10.2. The molecule has 0 amide bonds. The third-order valence-electron chi connectivity index (χ3n) is 6.24. The van der Waals surface area contributed by atoms with Gasteiger partial charge in [0.15, 0.2) is 5.78 Å². The highest BCUT2D eigenvalue weighted by Crippen LogP contribution is 2.49. The van der Waals surface area contributed by atoms with Crippen LogP contribution < -0.4 is 10.1 Å². The minimum absolute atomic E-state index is 0.110. The molecule has 1 aliphatic carbocycles. The van der Waals surface area contributed by atoms with Gasteiger partial charge in [0.2, 0.25) is 0 Å². The molecule has 5 nitrogen and oxygen atoms in total. The molecule has 7 heteroatoms. The summed E-state index contributed by atoms with van der Waals surface area (Å²) in [5, 5.41) is 3.31. The quantitative estimate of drug-likeness (QED) is 0.340. The number of benzene rings is 3. The molecule has 5 rings (SSSR count). The number of fused-ring (bicyclic) bond motifs is 2. The van der Waals surface area contributed by atoms with E-state index in [9.17, 15) is 9.59 Å². The largest absolute Gasteiger partial charge is 0.489 e. The van der Waals surface area contributed by atoms with Crippen LogP contribution in [0.4, 0.5) is 0 Å². The van der Waals surface area contributed by atoms with Crippen LogP contribution >= 0.6 is 31.9 Å². The lowest BCUT2D eigenvalue weighted by atomic mass is 9.79. The first-order valence-corrected chi connectivity index (χ1v) is 12.6. The van der Waals surface area contributed by atoms with Crippen molar-refractivity contribution in [3.8, 4) is 5.75 Å². The molecule has 0 fully saturated rings. The van der Waals surface area contributed by atoms with E-state index in [1.165, 1.54) is 7.11 Å². The van der Waals surface area contributed by atoms with Crippen molar-refractivity contribution in [2.45, 2.75) is 19.4 Å². The summed E-state index contributed by atoms with van der Waals surface area (Å²) in [4.78, 5) is 26.7. The summed E-state index contributed by atoms with van der Waals surface area (Å²) in [6.45, 7) is 2.16. The van der Waals surface area contributed by atoms with E-state index in [0.29, 0.717) is 40.3 Å². The lowest BCUT2D eigenvalue weighted by molar-refractivity contribution is -0.136. The Balaban J connectivity index is 1.64. The van der Waals surface area contributed by atoms with E-state index < -0.39 is 11.9 Å². The Morgan fingerprint density at radius 1 is 0.971 bits per heavy atom. The van der Waals surface area contributed by atoms with E-state index in [0.717, 1.165) is 25.8 Å². The average molecular weight is 595 g/mol. The molecule has 0 saturated carbocycles. The zero-order valence-corrected chi connectivity index (χ0v) is 22.2. The maximum Gasteiger partial charge on any atom is 0.336 e. The maximum absolute atomic E-state index is 13.7. The molecule has 0 saturated heterocycles. The number of Topliss-reactive ketones (excluding diaryl/α,β-unsaturated/α-hetero) is 1. The summed E-state index contributed by atoms with van der Waals surface area (Å²) >= 11 is 7.01. The summed E-state index contributed by atoms with van der Waals surface area (Å²) in [5.41, 5.74) is 5.42. The number of halogens is 2. The Kier molecular flexibility index (Phi) is 6.38. The first kappa shape index (κ1) is 23.6. The van der Waals surface area contributed by atoms with Crippen molar-refractivity contribution >= 4 is 49.3 Å². The van der Waals surface area contributed by atoms with E-state index in [4.69, 9.17) is 9.47 Å². The molecule has 1 aliphatic heterocycles. The SMILES string of the molecule is COC(=O)C1=C(C)NC2=C(C(=O)c3ccccc32)[C@H]1c1cc(Br)ccc1OCc1ccc(Br)cc1. The van der Waals surface area contributed by atoms with E-state index in [2.05, 4.69) is 37.2 Å². The first-order chi connectivity index (χ1) is 16.9. The van der Waals surface area contributed by atoms with Crippen LogP contribution in [0.25, 0.3) is 5.70 Å². The van der Waals surface area contributed by atoms with E-state index in [1.54, 1.807) is 0 Å². The minimum Gasteiger partial charge on any atom is -0.489 e. The summed E-state index contributed by atoms with van der Waals surface area (Å²) in [6, 6.07) is 21.0. The van der Waals surface area contributed by atoms with Crippen molar-refractivity contribution in [2.75, 3.05) is 7.11 Å². The van der Waals surface area contributed by atoms with Gasteiger partial charge in [0.05, 0.1) is 24.3 Å². The van der Waals surface area contributed by atoms with Gasteiger partial charge in [0, 0.05) is 36.9 Å². The van der Waals surface area contributed by atoms with Crippen LogP contribution in [0.3, 0.4) is 0 Å². The van der Waals surface area contributed by atoms with Crippen LogP contribution in [0.15, 0.2) is 92.5 Å². The van der Waals surface area contributed by atoms with Gasteiger partial charge < -0.3 is 14.8 Å². The van der Waals surface area contributed by atoms with Crippen LogP contribution in [0.5, 0.6) is 5.75 Å². The Bertz CT molecular complexity index is 1420. The standard InChI is InChI=1S/C28H21Br2NO4/c1-15-23(28(33)34-2)24(25-26(31-15)19-5-3-4-6-20(19)27(25)32)21-13-18(30)11-12-22(21)35-14-16-7-9-17(29)10-8-16/h3-13,24,31H,14H2,1-2H3/t24-/m0/s1. The topological polar surface area (TPSA) is 64.6 Å². The fraction of sp³-hybridized carbons (Fsp3) is 0.143. The van der Waals surface area contributed by atoms with Gasteiger partial charge in [-0.1, -0.05) is 68.3 Å². The molecule has 1 N–H and O–H groups in total. The number of nitrogens with one attached hydrogen (secondary N) is 1. The molecule has 1 heterocycles. The van der Waals surface area contributed by atoms with Crippen molar-refractivity contribution in [2.24, 2.45) is 0 Å². The minimum atomic E-state index is -0.656. The highest BCUT2D eigenvalue weighted by Gasteiger charge is 2.43. The maximum atomic E-state index is 13.7. The zero-order valence-electron chi connectivity index (χ0n) is 19.0. The number of rotatable bonds is 5. The van der Waals surface area contributed by atoms with E-state index in [-0.39, 0.29) is 5.78 Å². The zero-order chi connectivity index (χ0) is 24.7. The van der Waals surface area contributed by atoms with Gasteiger partial charge in [0.25, 0.3) is 0 Å². The Hall–Kier alpha value is -3.16. The van der Waals surface area contributed by atoms with Gasteiger partial charge >= 0.3 is 5.97 Å². The smallest absolute Gasteiger partial charge is 0.336 e. The van der Waals surface area contributed by atoms with Crippen molar-refractivity contribution in [3.63, 3.8) is 0 Å². The van der Waals surface area contributed by atoms with Gasteiger partial charge in [-0.3, -0.25) is 4.79 Å². The predicted molar refractivity (Wildman–Crippen MR) is 141 cm³/mol.